The van der Waals surface area contributed by atoms with Crippen LogP contribution in [0.3, 0.4) is 0 Å². The zero-order valence-corrected chi connectivity index (χ0v) is 14.8. The Morgan fingerprint density at radius 2 is 1.93 bits per heavy atom. The van der Waals surface area contributed by atoms with Crippen molar-refractivity contribution in [1.82, 2.24) is 19.6 Å². The van der Waals surface area contributed by atoms with Crippen LogP contribution in [-0.2, 0) is 6.54 Å². The summed E-state index contributed by atoms with van der Waals surface area (Å²) in [5.74, 6) is 1.75. The number of benzene rings is 2. The van der Waals surface area contributed by atoms with Crippen molar-refractivity contribution in [3.05, 3.63) is 76.7 Å². The van der Waals surface area contributed by atoms with Gasteiger partial charge in [-0.3, -0.25) is 9.89 Å². The molecule has 2 heterocycles. The molecule has 4 rings (SSSR count). The highest BCUT2D eigenvalue weighted by Gasteiger charge is 2.09. The SMILES string of the molecule is CCOc1cccc(NCc2cc(=O)n3[nH]c(-c4ccccc4)nc3n2)c1. The first kappa shape index (κ1) is 16.8. The maximum absolute atomic E-state index is 12.4. The Morgan fingerprint density at radius 1 is 1.07 bits per heavy atom. The van der Waals surface area contributed by atoms with Gasteiger partial charge in [0.05, 0.1) is 18.8 Å². The minimum Gasteiger partial charge on any atom is -0.494 e. The molecule has 2 aromatic carbocycles. The molecule has 0 saturated heterocycles. The average molecular weight is 361 g/mol. The fourth-order valence-corrected chi connectivity index (χ4v) is 2.80. The summed E-state index contributed by atoms with van der Waals surface area (Å²) in [5.41, 5.74) is 2.22. The second-order valence-corrected chi connectivity index (χ2v) is 5.97. The average Bonchev–Trinajstić information content (AvgIpc) is 3.13. The number of H-pyrrole nitrogens is 1. The van der Waals surface area contributed by atoms with Crippen molar-refractivity contribution in [2.24, 2.45) is 0 Å². The third-order valence-electron chi connectivity index (χ3n) is 4.05. The van der Waals surface area contributed by atoms with Gasteiger partial charge >= 0.3 is 0 Å². The summed E-state index contributed by atoms with van der Waals surface area (Å²) in [6, 6.07) is 18.8. The van der Waals surface area contributed by atoms with Crippen molar-refractivity contribution in [2.45, 2.75) is 13.5 Å². The molecule has 7 heteroatoms. The maximum Gasteiger partial charge on any atom is 0.274 e. The minimum absolute atomic E-state index is 0.199. The molecule has 7 nitrogen and oxygen atoms in total. The van der Waals surface area contributed by atoms with Gasteiger partial charge in [0, 0.05) is 23.4 Å². The molecule has 0 bridgehead atoms. The van der Waals surface area contributed by atoms with Crippen LogP contribution in [0.15, 0.2) is 65.5 Å². The Kier molecular flexibility index (Phi) is 4.57. The lowest BCUT2D eigenvalue weighted by atomic mass is 10.2. The number of fused-ring (bicyclic) bond motifs is 1. The fraction of sp³-hybridized carbons (Fsp3) is 0.150. The van der Waals surface area contributed by atoms with Crippen LogP contribution in [0.1, 0.15) is 12.6 Å². The Hall–Kier alpha value is -3.61. The molecule has 0 amide bonds. The number of ether oxygens (including phenoxy) is 1. The molecule has 27 heavy (non-hydrogen) atoms. The smallest absolute Gasteiger partial charge is 0.274 e. The third kappa shape index (κ3) is 3.67. The molecule has 0 aliphatic rings. The van der Waals surface area contributed by atoms with Crippen molar-refractivity contribution >= 4 is 11.5 Å². The summed E-state index contributed by atoms with van der Waals surface area (Å²) in [7, 11) is 0. The second-order valence-electron chi connectivity index (χ2n) is 5.97. The van der Waals surface area contributed by atoms with E-state index in [1.807, 2.05) is 61.5 Å². The number of nitrogens with one attached hydrogen (secondary N) is 2. The molecule has 0 unspecified atom stereocenters. The molecule has 0 aliphatic carbocycles. The van der Waals surface area contributed by atoms with Crippen LogP contribution < -0.4 is 15.6 Å². The highest BCUT2D eigenvalue weighted by molar-refractivity contribution is 5.56. The molecular formula is C20H19N5O2. The zero-order chi connectivity index (χ0) is 18.6. The van der Waals surface area contributed by atoms with E-state index in [0.717, 1.165) is 17.0 Å². The van der Waals surface area contributed by atoms with Crippen LogP contribution in [-0.4, -0.2) is 26.2 Å². The van der Waals surface area contributed by atoms with E-state index in [9.17, 15) is 4.79 Å². The minimum atomic E-state index is -0.199. The number of aromatic amines is 1. The maximum atomic E-state index is 12.4. The van der Waals surface area contributed by atoms with Gasteiger partial charge in [0.1, 0.15) is 5.75 Å². The molecule has 2 aromatic heterocycles. The van der Waals surface area contributed by atoms with Gasteiger partial charge in [-0.1, -0.05) is 36.4 Å². The first-order valence-corrected chi connectivity index (χ1v) is 8.74. The number of aromatic nitrogens is 4. The summed E-state index contributed by atoms with van der Waals surface area (Å²) in [6.45, 7) is 2.97. The van der Waals surface area contributed by atoms with Crippen molar-refractivity contribution in [1.29, 1.82) is 0 Å². The Balaban J connectivity index is 1.58. The van der Waals surface area contributed by atoms with Crippen molar-refractivity contribution in [3.8, 4) is 17.1 Å². The van der Waals surface area contributed by atoms with Crippen molar-refractivity contribution < 1.29 is 4.74 Å². The van der Waals surface area contributed by atoms with Gasteiger partial charge in [-0.15, -0.1) is 0 Å². The highest BCUT2D eigenvalue weighted by atomic mass is 16.5. The lowest BCUT2D eigenvalue weighted by Gasteiger charge is -2.08. The van der Waals surface area contributed by atoms with E-state index in [1.54, 1.807) is 0 Å². The van der Waals surface area contributed by atoms with Crippen LogP contribution in [0.25, 0.3) is 17.2 Å². The summed E-state index contributed by atoms with van der Waals surface area (Å²) < 4.78 is 6.85. The standard InChI is InChI=1S/C20H19N5O2/c1-2-27-17-10-6-9-15(11-17)21-13-16-12-18(26)25-20(22-16)23-19(24-25)14-7-4-3-5-8-14/h3-12,21H,2,13H2,1H3,(H,22,23,24). The predicted octanol–water partition coefficient (Wildman–Crippen LogP) is 3.10. The monoisotopic (exact) mass is 361 g/mol. The lowest BCUT2D eigenvalue weighted by Crippen LogP contribution is -2.17. The number of anilines is 1. The van der Waals surface area contributed by atoms with Gasteiger partial charge in [-0.05, 0) is 19.1 Å². The molecule has 0 saturated carbocycles. The Morgan fingerprint density at radius 3 is 2.74 bits per heavy atom. The normalized spacial score (nSPS) is 10.9. The van der Waals surface area contributed by atoms with E-state index >= 15 is 0 Å². The first-order valence-electron chi connectivity index (χ1n) is 8.74. The summed E-state index contributed by atoms with van der Waals surface area (Å²) >= 11 is 0. The van der Waals surface area contributed by atoms with E-state index in [4.69, 9.17) is 4.74 Å². The van der Waals surface area contributed by atoms with Crippen LogP contribution in [0, 0.1) is 0 Å². The van der Waals surface area contributed by atoms with Crippen LogP contribution in [0.5, 0.6) is 5.75 Å². The van der Waals surface area contributed by atoms with Gasteiger partial charge in [0.15, 0.2) is 5.82 Å². The largest absolute Gasteiger partial charge is 0.494 e. The molecule has 4 aromatic rings. The zero-order valence-electron chi connectivity index (χ0n) is 14.8. The van der Waals surface area contributed by atoms with Crippen LogP contribution >= 0.6 is 0 Å². The summed E-state index contributed by atoms with van der Waals surface area (Å²) in [4.78, 5) is 21.3. The predicted molar refractivity (Wildman–Crippen MR) is 104 cm³/mol. The van der Waals surface area contributed by atoms with E-state index in [1.165, 1.54) is 10.6 Å². The molecule has 0 atom stereocenters. The van der Waals surface area contributed by atoms with Gasteiger partial charge in [-0.25, -0.2) is 4.98 Å². The number of hydrogen-bond acceptors (Lipinski definition) is 5. The highest BCUT2D eigenvalue weighted by Crippen LogP contribution is 2.18. The molecular weight excluding hydrogens is 342 g/mol. The van der Waals surface area contributed by atoms with Crippen molar-refractivity contribution in [3.63, 3.8) is 0 Å². The van der Waals surface area contributed by atoms with Crippen LogP contribution in [0.4, 0.5) is 5.69 Å². The molecule has 0 spiro atoms. The molecule has 0 fully saturated rings. The summed E-state index contributed by atoms with van der Waals surface area (Å²) in [5, 5.41) is 6.26. The van der Waals surface area contributed by atoms with Gasteiger partial charge < -0.3 is 10.1 Å². The van der Waals surface area contributed by atoms with Gasteiger partial charge in [0.25, 0.3) is 11.3 Å². The lowest BCUT2D eigenvalue weighted by molar-refractivity contribution is 0.340. The third-order valence-corrected chi connectivity index (χ3v) is 4.05. The van der Waals surface area contributed by atoms with E-state index in [2.05, 4.69) is 20.4 Å². The fourth-order valence-electron chi connectivity index (χ4n) is 2.80. The quantitative estimate of drug-likeness (QED) is 0.551. The number of nitrogens with zero attached hydrogens (tertiary/aromatic N) is 3. The number of rotatable bonds is 6. The Bertz CT molecular complexity index is 1120. The molecule has 0 aliphatic heterocycles. The summed E-state index contributed by atoms with van der Waals surface area (Å²) in [6.07, 6.45) is 0. The molecule has 136 valence electrons. The van der Waals surface area contributed by atoms with Gasteiger partial charge in [-0.2, -0.15) is 9.50 Å². The number of hydrogen-bond donors (Lipinski definition) is 2. The van der Waals surface area contributed by atoms with E-state index in [-0.39, 0.29) is 5.56 Å². The first-order chi connectivity index (χ1) is 13.2. The topological polar surface area (TPSA) is 84.3 Å². The molecule has 0 radical (unpaired) electrons. The van der Waals surface area contributed by atoms with E-state index < -0.39 is 0 Å². The molecule has 2 N–H and O–H groups in total. The second kappa shape index (κ2) is 7.33. The van der Waals surface area contributed by atoms with E-state index in [0.29, 0.717) is 30.4 Å². The van der Waals surface area contributed by atoms with Crippen molar-refractivity contribution in [2.75, 3.05) is 11.9 Å². The van der Waals surface area contributed by atoms with Crippen LogP contribution in [0.2, 0.25) is 0 Å². The Labute approximate surface area is 155 Å². The van der Waals surface area contributed by atoms with Gasteiger partial charge in [0.2, 0.25) is 0 Å².